The maximum Gasteiger partial charge on any atom is 0.407 e. The first-order chi connectivity index (χ1) is 16.8. The van der Waals surface area contributed by atoms with E-state index in [2.05, 4.69) is 40.9 Å². The van der Waals surface area contributed by atoms with Crippen molar-refractivity contribution in [2.24, 2.45) is 0 Å². The van der Waals surface area contributed by atoms with E-state index in [0.717, 1.165) is 0 Å². The highest BCUT2D eigenvalue weighted by Gasteiger charge is 2.17. The standard InChI is InChI=1S/C22H24N10O3/c1-22(2,3)35-21(33)24-6-4-8-34-16-12-27-19-5-7-28-32(19)20(16)15-9-17(31-30-15)29-18-13-25-14(10-23)11-26-18/h5,7,9,11-13H,4,6,8H2,1-3H3,(H,24,33)(H2,26,29,30,31). The molecule has 0 aliphatic heterocycles. The fraction of sp³-hybridized carbons (Fsp3) is 0.318. The van der Waals surface area contributed by atoms with E-state index >= 15 is 0 Å². The number of alkyl carbamates (subject to hydrolysis) is 1. The van der Waals surface area contributed by atoms with Gasteiger partial charge in [0.1, 0.15) is 23.2 Å². The van der Waals surface area contributed by atoms with Crippen molar-refractivity contribution in [3.63, 3.8) is 0 Å². The van der Waals surface area contributed by atoms with Crippen LogP contribution in [0.4, 0.5) is 16.4 Å². The summed E-state index contributed by atoms with van der Waals surface area (Å²) in [5.41, 5.74) is 1.57. The number of fused-ring (bicyclic) bond motifs is 1. The normalized spacial score (nSPS) is 11.1. The number of carbonyl (C=O) groups excluding carboxylic acids is 1. The number of nitriles is 1. The Labute approximate surface area is 200 Å². The van der Waals surface area contributed by atoms with Crippen molar-refractivity contribution in [2.45, 2.75) is 32.8 Å². The molecule has 0 bridgehead atoms. The molecule has 0 aliphatic carbocycles. The molecule has 0 spiro atoms. The maximum absolute atomic E-state index is 11.8. The van der Waals surface area contributed by atoms with E-state index in [1.165, 1.54) is 12.4 Å². The summed E-state index contributed by atoms with van der Waals surface area (Å²) < 4.78 is 12.8. The maximum atomic E-state index is 11.8. The van der Waals surface area contributed by atoms with Crippen LogP contribution in [-0.4, -0.2) is 59.6 Å². The van der Waals surface area contributed by atoms with E-state index in [0.29, 0.717) is 54.0 Å². The monoisotopic (exact) mass is 476 g/mol. The van der Waals surface area contributed by atoms with Gasteiger partial charge in [0.05, 0.1) is 37.1 Å². The fourth-order valence-corrected chi connectivity index (χ4v) is 3.06. The summed E-state index contributed by atoms with van der Waals surface area (Å²) in [7, 11) is 0. The zero-order valence-electron chi connectivity index (χ0n) is 19.4. The van der Waals surface area contributed by atoms with Crippen LogP contribution >= 0.6 is 0 Å². The quantitative estimate of drug-likeness (QED) is 0.322. The average Bonchev–Trinajstić information content (AvgIpc) is 3.47. The van der Waals surface area contributed by atoms with Crippen LogP contribution in [0.1, 0.15) is 32.9 Å². The lowest BCUT2D eigenvalue weighted by Crippen LogP contribution is -2.33. The lowest BCUT2D eigenvalue weighted by atomic mass is 10.2. The lowest BCUT2D eigenvalue weighted by Gasteiger charge is -2.19. The van der Waals surface area contributed by atoms with Crippen LogP contribution in [0, 0.1) is 11.3 Å². The molecule has 0 fully saturated rings. The molecule has 4 aromatic rings. The summed E-state index contributed by atoms with van der Waals surface area (Å²) in [5.74, 6) is 1.42. The Morgan fingerprint density at radius 1 is 1.20 bits per heavy atom. The Hall–Kier alpha value is -4.73. The Kier molecular flexibility index (Phi) is 6.72. The first-order valence-corrected chi connectivity index (χ1v) is 10.8. The van der Waals surface area contributed by atoms with Gasteiger partial charge in [-0.1, -0.05) is 0 Å². The molecule has 0 saturated carbocycles. The van der Waals surface area contributed by atoms with Crippen molar-refractivity contribution in [3.8, 4) is 23.2 Å². The molecule has 13 heteroatoms. The molecule has 35 heavy (non-hydrogen) atoms. The van der Waals surface area contributed by atoms with Gasteiger partial charge in [0, 0.05) is 18.7 Å². The number of amides is 1. The number of nitrogens with zero attached hydrogens (tertiary/aromatic N) is 7. The third-order valence-corrected chi connectivity index (χ3v) is 4.48. The van der Waals surface area contributed by atoms with Crippen molar-refractivity contribution in [2.75, 3.05) is 18.5 Å². The molecule has 3 N–H and O–H groups in total. The summed E-state index contributed by atoms with van der Waals surface area (Å²) in [4.78, 5) is 24.3. The van der Waals surface area contributed by atoms with Gasteiger partial charge in [-0.25, -0.2) is 24.3 Å². The van der Waals surface area contributed by atoms with Gasteiger partial charge in [-0.05, 0) is 27.2 Å². The first-order valence-electron chi connectivity index (χ1n) is 10.8. The number of carbonyl (C=O) groups is 1. The largest absolute Gasteiger partial charge is 0.490 e. The van der Waals surface area contributed by atoms with Crippen molar-refractivity contribution in [1.29, 1.82) is 5.26 Å². The second-order valence-electron chi connectivity index (χ2n) is 8.39. The minimum absolute atomic E-state index is 0.221. The Morgan fingerprint density at radius 3 is 2.80 bits per heavy atom. The molecule has 13 nitrogen and oxygen atoms in total. The number of anilines is 2. The fourth-order valence-electron chi connectivity index (χ4n) is 3.06. The van der Waals surface area contributed by atoms with Crippen molar-refractivity contribution in [1.82, 2.24) is 40.1 Å². The number of aromatic nitrogens is 7. The van der Waals surface area contributed by atoms with Gasteiger partial charge >= 0.3 is 6.09 Å². The van der Waals surface area contributed by atoms with Crippen LogP contribution in [0.15, 0.2) is 36.9 Å². The van der Waals surface area contributed by atoms with Gasteiger partial charge in [-0.15, -0.1) is 0 Å². The number of hydrogen-bond donors (Lipinski definition) is 3. The van der Waals surface area contributed by atoms with E-state index in [4.69, 9.17) is 14.7 Å². The topological polar surface area (TPSA) is 168 Å². The Balaban J connectivity index is 1.44. The van der Waals surface area contributed by atoms with Crippen LogP contribution in [0.3, 0.4) is 0 Å². The predicted molar refractivity (Wildman–Crippen MR) is 125 cm³/mol. The molecule has 0 radical (unpaired) electrons. The van der Waals surface area contributed by atoms with Gasteiger partial charge in [0.15, 0.2) is 22.9 Å². The van der Waals surface area contributed by atoms with Gasteiger partial charge in [0.2, 0.25) is 0 Å². The van der Waals surface area contributed by atoms with Crippen molar-refractivity contribution in [3.05, 3.63) is 42.6 Å². The highest BCUT2D eigenvalue weighted by atomic mass is 16.6. The molecule has 4 aromatic heterocycles. The summed E-state index contributed by atoms with van der Waals surface area (Å²) in [6, 6.07) is 5.47. The summed E-state index contributed by atoms with van der Waals surface area (Å²) in [6.07, 6.45) is 6.17. The molecule has 0 aliphatic rings. The lowest BCUT2D eigenvalue weighted by molar-refractivity contribution is 0.0525. The third-order valence-electron chi connectivity index (χ3n) is 4.48. The molecular weight excluding hydrogens is 452 g/mol. The van der Waals surface area contributed by atoms with Crippen molar-refractivity contribution < 1.29 is 14.3 Å². The molecule has 1 amide bonds. The molecule has 4 heterocycles. The van der Waals surface area contributed by atoms with Gasteiger partial charge in [-0.3, -0.25) is 5.10 Å². The van der Waals surface area contributed by atoms with Crippen molar-refractivity contribution >= 4 is 23.4 Å². The van der Waals surface area contributed by atoms with Gasteiger partial charge in [0.25, 0.3) is 0 Å². The number of rotatable bonds is 8. The number of hydrogen-bond acceptors (Lipinski definition) is 10. The highest BCUT2D eigenvalue weighted by molar-refractivity contribution is 5.69. The zero-order chi connectivity index (χ0) is 24.8. The van der Waals surface area contributed by atoms with Crippen LogP contribution in [0.5, 0.6) is 5.75 Å². The smallest absolute Gasteiger partial charge is 0.407 e. The van der Waals surface area contributed by atoms with E-state index in [1.54, 1.807) is 29.0 Å². The average molecular weight is 477 g/mol. The van der Waals surface area contributed by atoms with Crippen LogP contribution < -0.4 is 15.4 Å². The van der Waals surface area contributed by atoms with Gasteiger partial charge < -0.3 is 20.1 Å². The molecule has 4 rings (SSSR count). The molecule has 0 aromatic carbocycles. The Morgan fingerprint density at radius 2 is 2.06 bits per heavy atom. The number of H-pyrrole nitrogens is 1. The molecule has 0 atom stereocenters. The summed E-state index contributed by atoms with van der Waals surface area (Å²) in [6.45, 7) is 6.15. The SMILES string of the molecule is CC(C)(C)OC(=O)NCCCOc1cnc2ccnn2c1-c1cc(Nc2cnc(C#N)cn2)n[nH]1. The first kappa shape index (κ1) is 23.4. The zero-order valence-corrected chi connectivity index (χ0v) is 19.4. The molecule has 0 unspecified atom stereocenters. The number of nitrogens with one attached hydrogen (secondary N) is 3. The van der Waals surface area contributed by atoms with Crippen LogP contribution in [0.2, 0.25) is 0 Å². The predicted octanol–water partition coefficient (Wildman–Crippen LogP) is 2.82. The Bertz CT molecular complexity index is 1350. The summed E-state index contributed by atoms with van der Waals surface area (Å²) >= 11 is 0. The van der Waals surface area contributed by atoms with E-state index in [-0.39, 0.29) is 5.69 Å². The third kappa shape index (κ3) is 5.99. The highest BCUT2D eigenvalue weighted by Crippen LogP contribution is 2.30. The number of ether oxygens (including phenoxy) is 2. The second kappa shape index (κ2) is 10.0. The van der Waals surface area contributed by atoms with Gasteiger partial charge in [-0.2, -0.15) is 15.5 Å². The van der Waals surface area contributed by atoms with Crippen LogP contribution in [0.25, 0.3) is 17.0 Å². The van der Waals surface area contributed by atoms with Crippen LogP contribution in [-0.2, 0) is 4.74 Å². The molecular formula is C22H24N10O3. The summed E-state index contributed by atoms with van der Waals surface area (Å²) in [5, 5.41) is 26.2. The van der Waals surface area contributed by atoms with E-state index in [9.17, 15) is 4.79 Å². The molecule has 180 valence electrons. The van der Waals surface area contributed by atoms with E-state index < -0.39 is 11.7 Å². The second-order valence-corrected chi connectivity index (χ2v) is 8.39. The minimum atomic E-state index is -0.551. The van der Waals surface area contributed by atoms with E-state index in [1.807, 2.05) is 26.8 Å². The number of aromatic amines is 1. The molecule has 0 saturated heterocycles. The minimum Gasteiger partial charge on any atom is -0.490 e.